The molecule has 0 radical (unpaired) electrons. The molecule has 0 saturated heterocycles. The molecule has 3 rings (SSSR count). The summed E-state index contributed by atoms with van der Waals surface area (Å²) in [7, 11) is 1.95. The Hall–Kier alpha value is -1.65. The Morgan fingerprint density at radius 3 is 2.94 bits per heavy atom. The lowest BCUT2D eigenvalue weighted by Gasteiger charge is -2.00. The molecule has 2 aromatic heterocycles. The number of para-hydroxylation sites is 1. The lowest BCUT2D eigenvalue weighted by atomic mass is 10.2. The summed E-state index contributed by atoms with van der Waals surface area (Å²) in [6.45, 7) is 1.64. The van der Waals surface area contributed by atoms with Crippen LogP contribution in [0.2, 0.25) is 0 Å². The second kappa shape index (κ2) is 4.92. The van der Waals surface area contributed by atoms with Crippen molar-refractivity contribution in [3.8, 4) is 0 Å². The van der Waals surface area contributed by atoms with Gasteiger partial charge in [0, 0.05) is 11.9 Å². The molecular formula is C14H15N3S. The molecule has 1 N–H and O–H groups in total. The average Bonchev–Trinajstić information content (AvgIpc) is 3.00. The van der Waals surface area contributed by atoms with Gasteiger partial charge in [-0.2, -0.15) is 16.4 Å². The Morgan fingerprint density at radius 2 is 2.17 bits per heavy atom. The van der Waals surface area contributed by atoms with E-state index in [-0.39, 0.29) is 0 Å². The van der Waals surface area contributed by atoms with Crippen molar-refractivity contribution >= 4 is 22.2 Å². The first-order valence-corrected chi connectivity index (χ1v) is 6.93. The van der Waals surface area contributed by atoms with E-state index in [9.17, 15) is 0 Å². The third-order valence-electron chi connectivity index (χ3n) is 2.99. The van der Waals surface area contributed by atoms with Gasteiger partial charge in [-0.25, -0.2) is 0 Å². The van der Waals surface area contributed by atoms with Gasteiger partial charge in [0.05, 0.1) is 17.8 Å². The molecule has 92 valence electrons. The topological polar surface area (TPSA) is 29.9 Å². The molecule has 0 aliphatic rings. The van der Waals surface area contributed by atoms with Gasteiger partial charge < -0.3 is 5.32 Å². The molecule has 0 aliphatic carbocycles. The zero-order chi connectivity index (χ0) is 12.4. The van der Waals surface area contributed by atoms with Crippen LogP contribution in [0.3, 0.4) is 0 Å². The molecule has 0 saturated carbocycles. The number of nitrogens with one attached hydrogen (secondary N) is 1. The first-order chi connectivity index (χ1) is 8.88. The van der Waals surface area contributed by atoms with Crippen LogP contribution in [0.4, 0.5) is 0 Å². The number of rotatable bonds is 4. The molecule has 0 spiro atoms. The van der Waals surface area contributed by atoms with E-state index in [4.69, 9.17) is 5.10 Å². The van der Waals surface area contributed by atoms with Crippen molar-refractivity contribution in [2.45, 2.75) is 13.1 Å². The van der Waals surface area contributed by atoms with Gasteiger partial charge in [0.25, 0.3) is 0 Å². The monoisotopic (exact) mass is 257 g/mol. The molecule has 2 heterocycles. The van der Waals surface area contributed by atoms with Crippen LogP contribution >= 0.6 is 11.3 Å². The van der Waals surface area contributed by atoms with Crippen molar-refractivity contribution in [3.63, 3.8) is 0 Å². The van der Waals surface area contributed by atoms with E-state index in [1.54, 1.807) is 11.3 Å². The molecule has 1 aromatic carbocycles. The summed E-state index contributed by atoms with van der Waals surface area (Å²) >= 11 is 1.73. The fourth-order valence-corrected chi connectivity index (χ4v) is 2.83. The van der Waals surface area contributed by atoms with Gasteiger partial charge in [-0.3, -0.25) is 4.68 Å². The normalized spacial score (nSPS) is 11.2. The number of fused-ring (bicyclic) bond motifs is 1. The van der Waals surface area contributed by atoms with E-state index >= 15 is 0 Å². The minimum atomic E-state index is 0.803. The predicted molar refractivity (Wildman–Crippen MR) is 75.9 cm³/mol. The van der Waals surface area contributed by atoms with E-state index in [2.05, 4.69) is 51.1 Å². The molecule has 0 unspecified atom stereocenters. The number of hydrogen-bond acceptors (Lipinski definition) is 3. The highest BCUT2D eigenvalue weighted by Gasteiger charge is 2.09. The van der Waals surface area contributed by atoms with Crippen LogP contribution in [0.5, 0.6) is 0 Å². The van der Waals surface area contributed by atoms with Crippen molar-refractivity contribution in [3.05, 3.63) is 52.3 Å². The third kappa shape index (κ3) is 2.05. The number of benzene rings is 1. The second-order valence-corrected chi connectivity index (χ2v) is 5.06. The number of hydrogen-bond donors (Lipinski definition) is 1. The zero-order valence-corrected chi connectivity index (χ0v) is 11.1. The highest BCUT2D eigenvalue weighted by Crippen LogP contribution is 2.20. The average molecular weight is 257 g/mol. The van der Waals surface area contributed by atoms with Gasteiger partial charge in [0.15, 0.2) is 0 Å². The lowest BCUT2D eigenvalue weighted by Crippen LogP contribution is -2.07. The van der Waals surface area contributed by atoms with Crippen molar-refractivity contribution in [1.29, 1.82) is 0 Å². The Kier molecular flexibility index (Phi) is 3.13. The largest absolute Gasteiger partial charge is 0.314 e. The van der Waals surface area contributed by atoms with Crippen molar-refractivity contribution in [2.75, 3.05) is 7.05 Å². The molecule has 3 aromatic rings. The number of nitrogens with zero attached hydrogens (tertiary/aromatic N) is 2. The van der Waals surface area contributed by atoms with E-state index in [0.717, 1.165) is 18.8 Å². The summed E-state index contributed by atoms with van der Waals surface area (Å²) in [5, 5.41) is 13.4. The maximum Gasteiger partial charge on any atom is 0.0841 e. The van der Waals surface area contributed by atoms with Crippen molar-refractivity contribution < 1.29 is 0 Å². The third-order valence-corrected chi connectivity index (χ3v) is 3.72. The van der Waals surface area contributed by atoms with Gasteiger partial charge in [0.2, 0.25) is 0 Å². The fourth-order valence-electron chi connectivity index (χ4n) is 2.17. The van der Waals surface area contributed by atoms with Crippen LogP contribution in [0, 0.1) is 0 Å². The molecule has 3 nitrogen and oxygen atoms in total. The van der Waals surface area contributed by atoms with Gasteiger partial charge >= 0.3 is 0 Å². The van der Waals surface area contributed by atoms with E-state index in [1.165, 1.54) is 16.5 Å². The SMILES string of the molecule is CNCc1nn(Cc2ccsc2)c2ccccc12. The number of aromatic nitrogens is 2. The van der Waals surface area contributed by atoms with Crippen LogP contribution in [0.25, 0.3) is 10.9 Å². The zero-order valence-electron chi connectivity index (χ0n) is 10.3. The molecule has 0 amide bonds. The maximum absolute atomic E-state index is 4.71. The van der Waals surface area contributed by atoms with Crippen LogP contribution in [-0.4, -0.2) is 16.8 Å². The molecule has 0 fully saturated rings. The van der Waals surface area contributed by atoms with E-state index < -0.39 is 0 Å². The minimum absolute atomic E-state index is 0.803. The quantitative estimate of drug-likeness (QED) is 0.779. The van der Waals surface area contributed by atoms with Crippen LogP contribution in [0.15, 0.2) is 41.1 Å². The minimum Gasteiger partial charge on any atom is -0.314 e. The maximum atomic E-state index is 4.71. The van der Waals surface area contributed by atoms with Crippen molar-refractivity contribution in [2.24, 2.45) is 0 Å². The molecule has 18 heavy (non-hydrogen) atoms. The fraction of sp³-hybridized carbons (Fsp3) is 0.214. The summed E-state index contributed by atoms with van der Waals surface area (Å²) in [5.41, 5.74) is 3.63. The van der Waals surface area contributed by atoms with E-state index in [1.807, 2.05) is 7.05 Å². The molecule has 4 heteroatoms. The Morgan fingerprint density at radius 1 is 1.28 bits per heavy atom. The molecular weight excluding hydrogens is 242 g/mol. The second-order valence-electron chi connectivity index (χ2n) is 4.28. The lowest BCUT2D eigenvalue weighted by molar-refractivity contribution is 0.678. The first kappa shape index (κ1) is 11.4. The molecule has 0 atom stereocenters. The smallest absolute Gasteiger partial charge is 0.0841 e. The highest BCUT2D eigenvalue weighted by molar-refractivity contribution is 7.07. The highest BCUT2D eigenvalue weighted by atomic mass is 32.1. The number of thiophene rings is 1. The summed E-state index contributed by atoms with van der Waals surface area (Å²) in [4.78, 5) is 0. The van der Waals surface area contributed by atoms with Crippen LogP contribution in [-0.2, 0) is 13.1 Å². The van der Waals surface area contributed by atoms with Gasteiger partial charge in [-0.05, 0) is 35.5 Å². The molecule has 0 bridgehead atoms. The van der Waals surface area contributed by atoms with Crippen molar-refractivity contribution in [1.82, 2.24) is 15.1 Å². The molecule has 0 aliphatic heterocycles. The van der Waals surface area contributed by atoms with Gasteiger partial charge in [-0.15, -0.1) is 0 Å². The van der Waals surface area contributed by atoms with Crippen LogP contribution in [0.1, 0.15) is 11.3 Å². The summed E-state index contributed by atoms with van der Waals surface area (Å²) < 4.78 is 2.09. The Balaban J connectivity index is 2.05. The first-order valence-electron chi connectivity index (χ1n) is 5.98. The summed E-state index contributed by atoms with van der Waals surface area (Å²) in [6, 6.07) is 10.6. The summed E-state index contributed by atoms with van der Waals surface area (Å²) in [6.07, 6.45) is 0. The summed E-state index contributed by atoms with van der Waals surface area (Å²) in [5.74, 6) is 0. The van der Waals surface area contributed by atoms with Gasteiger partial charge in [0.1, 0.15) is 0 Å². The predicted octanol–water partition coefficient (Wildman–Crippen LogP) is 2.87. The Bertz CT molecular complexity index is 640. The van der Waals surface area contributed by atoms with Gasteiger partial charge in [-0.1, -0.05) is 18.2 Å². The Labute approximate surface area is 110 Å². The van der Waals surface area contributed by atoms with E-state index in [0.29, 0.717) is 0 Å². The standard InChI is InChI=1S/C14H15N3S/c1-15-8-13-12-4-2-3-5-14(12)17(16-13)9-11-6-7-18-10-11/h2-7,10,15H,8-9H2,1H3. The van der Waals surface area contributed by atoms with Crippen LogP contribution < -0.4 is 5.32 Å².